The number of carbonyl (C=O) groups is 2. The van der Waals surface area contributed by atoms with Crippen molar-refractivity contribution in [2.24, 2.45) is 0 Å². The Balaban J connectivity index is 1.24. The molecule has 1 saturated heterocycles. The third-order valence-corrected chi connectivity index (χ3v) is 7.38. The van der Waals surface area contributed by atoms with Gasteiger partial charge in [0.15, 0.2) is 0 Å². The first-order valence-electron chi connectivity index (χ1n) is 11.6. The molecule has 2 aromatic rings. The number of fused-ring (bicyclic) bond motifs is 1. The van der Waals surface area contributed by atoms with Crippen LogP contribution in [-0.4, -0.2) is 74.0 Å². The molecular weight excluding hydrogens is 422 g/mol. The van der Waals surface area contributed by atoms with Crippen LogP contribution in [0.4, 0.5) is 11.4 Å². The molecule has 1 fully saturated rings. The number of benzene rings is 1. The largest absolute Gasteiger partial charge is 0.365 e. The predicted molar refractivity (Wildman–Crippen MR) is 130 cm³/mol. The van der Waals surface area contributed by atoms with E-state index in [4.69, 9.17) is 0 Å². The number of rotatable bonds is 7. The second-order valence-corrected chi connectivity index (χ2v) is 9.40. The summed E-state index contributed by atoms with van der Waals surface area (Å²) in [4.78, 5) is 33.4. The van der Waals surface area contributed by atoms with Crippen molar-refractivity contribution in [1.82, 2.24) is 15.1 Å². The number of nitrogens with one attached hydrogen (secondary N) is 2. The Kier molecular flexibility index (Phi) is 7.78. The fourth-order valence-electron chi connectivity index (χ4n) is 4.40. The highest BCUT2D eigenvalue weighted by Gasteiger charge is 2.22. The van der Waals surface area contributed by atoms with Crippen molar-refractivity contribution in [2.75, 3.05) is 62.6 Å². The molecule has 0 radical (unpaired) electrons. The van der Waals surface area contributed by atoms with Crippen LogP contribution in [0, 0.1) is 0 Å². The monoisotopic (exact) mass is 455 g/mol. The molecule has 0 bridgehead atoms. The van der Waals surface area contributed by atoms with Crippen LogP contribution in [0.2, 0.25) is 0 Å². The van der Waals surface area contributed by atoms with Gasteiger partial charge in [0, 0.05) is 50.7 Å². The third-order valence-electron chi connectivity index (χ3n) is 6.36. The van der Waals surface area contributed by atoms with Crippen molar-refractivity contribution < 1.29 is 9.59 Å². The fraction of sp³-hybridized carbons (Fsp3) is 0.500. The highest BCUT2D eigenvalue weighted by molar-refractivity contribution is 7.10. The molecule has 1 aromatic heterocycles. The number of amides is 2. The van der Waals surface area contributed by atoms with Gasteiger partial charge in [-0.1, -0.05) is 19.1 Å². The number of hydrogen-bond acceptors (Lipinski definition) is 6. The number of thiophene rings is 1. The van der Waals surface area contributed by atoms with E-state index in [1.54, 1.807) is 11.3 Å². The quantitative estimate of drug-likeness (QED) is 0.496. The molecule has 7 nitrogen and oxygen atoms in total. The van der Waals surface area contributed by atoms with E-state index in [2.05, 4.69) is 43.7 Å². The number of likely N-dealkylation sites (N-methyl/N-ethyl adjacent to an activating group) is 1. The molecule has 0 spiro atoms. The van der Waals surface area contributed by atoms with Crippen molar-refractivity contribution in [1.29, 1.82) is 0 Å². The van der Waals surface area contributed by atoms with Crippen molar-refractivity contribution >= 4 is 34.5 Å². The van der Waals surface area contributed by atoms with Gasteiger partial charge < -0.3 is 25.3 Å². The molecule has 0 saturated carbocycles. The van der Waals surface area contributed by atoms with E-state index in [1.165, 1.54) is 10.4 Å². The van der Waals surface area contributed by atoms with Gasteiger partial charge in [0.2, 0.25) is 0 Å². The first-order valence-corrected chi connectivity index (χ1v) is 12.4. The molecule has 32 heavy (non-hydrogen) atoms. The minimum Gasteiger partial charge on any atom is -0.365 e. The Morgan fingerprint density at radius 2 is 1.78 bits per heavy atom. The Hall–Kier alpha value is -2.42. The average Bonchev–Trinajstić information content (AvgIpc) is 3.30. The van der Waals surface area contributed by atoms with Crippen LogP contribution in [0.3, 0.4) is 0 Å². The van der Waals surface area contributed by atoms with E-state index in [-0.39, 0.29) is 0 Å². The minimum atomic E-state index is -0.609. The van der Waals surface area contributed by atoms with Gasteiger partial charge in [-0.2, -0.15) is 0 Å². The number of para-hydroxylation sites is 2. The SMILES string of the molecule is CCN1CCN(CCCNC(=O)C(=O)Nc2ccccc2N2CCc3sccc3C2)CC1. The molecule has 1 aromatic carbocycles. The maximum absolute atomic E-state index is 12.5. The molecule has 3 heterocycles. The highest BCUT2D eigenvalue weighted by atomic mass is 32.1. The topological polar surface area (TPSA) is 67.9 Å². The fourth-order valence-corrected chi connectivity index (χ4v) is 5.29. The summed E-state index contributed by atoms with van der Waals surface area (Å²) in [7, 11) is 0. The van der Waals surface area contributed by atoms with Gasteiger partial charge in [-0.05, 0) is 55.1 Å². The molecule has 2 N–H and O–H groups in total. The Morgan fingerprint density at radius 1 is 1.00 bits per heavy atom. The molecule has 0 aliphatic carbocycles. The summed E-state index contributed by atoms with van der Waals surface area (Å²) in [6.45, 7) is 10.8. The number of carbonyl (C=O) groups excluding carboxylic acids is 2. The molecule has 0 unspecified atom stereocenters. The average molecular weight is 456 g/mol. The van der Waals surface area contributed by atoms with E-state index in [9.17, 15) is 9.59 Å². The van der Waals surface area contributed by atoms with Crippen molar-refractivity contribution in [3.8, 4) is 0 Å². The zero-order chi connectivity index (χ0) is 22.3. The highest BCUT2D eigenvalue weighted by Crippen LogP contribution is 2.32. The van der Waals surface area contributed by atoms with Gasteiger partial charge in [0.05, 0.1) is 11.4 Å². The second-order valence-electron chi connectivity index (χ2n) is 8.40. The smallest absolute Gasteiger partial charge is 0.313 e. The van der Waals surface area contributed by atoms with Crippen molar-refractivity contribution in [2.45, 2.75) is 26.3 Å². The van der Waals surface area contributed by atoms with Crippen LogP contribution >= 0.6 is 11.3 Å². The van der Waals surface area contributed by atoms with Crippen molar-refractivity contribution in [3.63, 3.8) is 0 Å². The summed E-state index contributed by atoms with van der Waals surface area (Å²) in [6.07, 6.45) is 1.85. The van der Waals surface area contributed by atoms with Crippen LogP contribution in [0.1, 0.15) is 23.8 Å². The second kappa shape index (κ2) is 10.9. The van der Waals surface area contributed by atoms with Gasteiger partial charge in [-0.3, -0.25) is 9.59 Å². The standard InChI is InChI=1S/C24H33N5O2S/c1-2-27-13-15-28(16-14-27)11-5-10-25-23(30)24(31)26-20-6-3-4-7-21(20)29-12-8-22-19(18-29)9-17-32-22/h3-4,6-7,9,17H,2,5,8,10-16,18H2,1H3,(H,25,30)(H,26,31). The maximum atomic E-state index is 12.5. The lowest BCUT2D eigenvalue weighted by Crippen LogP contribution is -2.46. The van der Waals surface area contributed by atoms with E-state index < -0.39 is 11.8 Å². The van der Waals surface area contributed by atoms with Gasteiger partial charge >= 0.3 is 11.8 Å². The molecule has 4 rings (SSSR count). The van der Waals surface area contributed by atoms with Gasteiger partial charge in [0.25, 0.3) is 0 Å². The van der Waals surface area contributed by atoms with Crippen LogP contribution in [-0.2, 0) is 22.6 Å². The summed E-state index contributed by atoms with van der Waals surface area (Å²) in [5, 5.41) is 7.73. The van der Waals surface area contributed by atoms with E-state index >= 15 is 0 Å². The van der Waals surface area contributed by atoms with Gasteiger partial charge in [0.1, 0.15) is 0 Å². The van der Waals surface area contributed by atoms with Crippen molar-refractivity contribution in [3.05, 3.63) is 46.2 Å². The first-order chi connectivity index (χ1) is 15.6. The van der Waals surface area contributed by atoms with Crippen LogP contribution in [0.5, 0.6) is 0 Å². The van der Waals surface area contributed by atoms with E-state index in [0.717, 1.165) is 70.9 Å². The van der Waals surface area contributed by atoms with Crippen LogP contribution in [0.25, 0.3) is 0 Å². The normalized spacial score (nSPS) is 17.1. The summed E-state index contributed by atoms with van der Waals surface area (Å²) < 4.78 is 0. The van der Waals surface area contributed by atoms with Gasteiger partial charge in [-0.25, -0.2) is 0 Å². The van der Waals surface area contributed by atoms with Gasteiger partial charge in [-0.15, -0.1) is 11.3 Å². The third kappa shape index (κ3) is 5.68. The first kappa shape index (κ1) is 22.8. The predicted octanol–water partition coefficient (Wildman–Crippen LogP) is 2.39. The lowest BCUT2D eigenvalue weighted by atomic mass is 10.1. The summed E-state index contributed by atoms with van der Waals surface area (Å²) in [6, 6.07) is 9.89. The van der Waals surface area contributed by atoms with E-state index in [1.807, 2.05) is 24.3 Å². The number of hydrogen-bond donors (Lipinski definition) is 2. The number of nitrogens with zero attached hydrogens (tertiary/aromatic N) is 3. The Labute approximate surface area is 194 Å². The minimum absolute atomic E-state index is 0.509. The van der Waals surface area contributed by atoms with Crippen LogP contribution < -0.4 is 15.5 Å². The maximum Gasteiger partial charge on any atom is 0.313 e. The zero-order valence-electron chi connectivity index (χ0n) is 18.8. The summed E-state index contributed by atoms with van der Waals surface area (Å²) >= 11 is 1.81. The molecule has 2 amide bonds. The van der Waals surface area contributed by atoms with Crippen LogP contribution in [0.15, 0.2) is 35.7 Å². The Morgan fingerprint density at radius 3 is 2.59 bits per heavy atom. The molecule has 172 valence electrons. The van der Waals surface area contributed by atoms with E-state index in [0.29, 0.717) is 12.2 Å². The number of anilines is 2. The lowest BCUT2D eigenvalue weighted by molar-refractivity contribution is -0.136. The zero-order valence-corrected chi connectivity index (χ0v) is 19.6. The molecule has 2 aliphatic heterocycles. The molecular formula is C24H33N5O2S. The molecule has 8 heteroatoms. The summed E-state index contributed by atoms with van der Waals surface area (Å²) in [5.41, 5.74) is 2.98. The number of piperazine rings is 1. The molecule has 2 aliphatic rings. The lowest BCUT2D eigenvalue weighted by Gasteiger charge is -2.33. The Bertz CT molecular complexity index is 923. The molecule has 0 atom stereocenters. The summed E-state index contributed by atoms with van der Waals surface area (Å²) in [5.74, 6) is -1.18.